The van der Waals surface area contributed by atoms with Crippen molar-refractivity contribution in [2.75, 3.05) is 11.9 Å². The summed E-state index contributed by atoms with van der Waals surface area (Å²) in [5.74, 6) is -1.24. The number of aryl methyl sites for hydroxylation is 2. The molecule has 0 aliphatic carbocycles. The van der Waals surface area contributed by atoms with E-state index in [1.54, 1.807) is 13.8 Å². The van der Waals surface area contributed by atoms with Gasteiger partial charge in [0.2, 0.25) is 0 Å². The van der Waals surface area contributed by atoms with E-state index in [4.69, 9.17) is 4.74 Å². The molecule has 0 bridgehead atoms. The van der Waals surface area contributed by atoms with E-state index in [-0.39, 0.29) is 5.69 Å². The molecular formula is C20H17N3O5S. The van der Waals surface area contributed by atoms with Gasteiger partial charge < -0.3 is 10.1 Å². The van der Waals surface area contributed by atoms with Crippen LogP contribution in [0.1, 0.15) is 20.9 Å². The SMILES string of the molecule is Cc1ccc([N+](=O)[O-])cc1NC(=O)COC(=O)c1sc(-c2ccccc2)nc1C. The Labute approximate surface area is 170 Å². The fourth-order valence-electron chi connectivity index (χ4n) is 2.53. The molecular weight excluding hydrogens is 394 g/mol. The average Bonchev–Trinajstić information content (AvgIpc) is 3.10. The number of nitrogens with zero attached hydrogens (tertiary/aromatic N) is 2. The molecule has 1 aromatic heterocycles. The van der Waals surface area contributed by atoms with Crippen LogP contribution in [0.5, 0.6) is 0 Å². The topological polar surface area (TPSA) is 111 Å². The van der Waals surface area contributed by atoms with Gasteiger partial charge in [-0.3, -0.25) is 14.9 Å². The lowest BCUT2D eigenvalue weighted by molar-refractivity contribution is -0.384. The Bertz CT molecular complexity index is 1080. The number of aromatic nitrogens is 1. The highest BCUT2D eigenvalue weighted by atomic mass is 32.1. The first-order valence-electron chi connectivity index (χ1n) is 8.60. The van der Waals surface area contributed by atoms with Gasteiger partial charge in [-0.2, -0.15) is 0 Å². The second kappa shape index (κ2) is 8.61. The van der Waals surface area contributed by atoms with Crippen LogP contribution in [0.25, 0.3) is 10.6 Å². The fourth-order valence-corrected chi connectivity index (χ4v) is 3.50. The number of nitrogens with one attached hydrogen (secondary N) is 1. The van der Waals surface area contributed by atoms with Gasteiger partial charge >= 0.3 is 5.97 Å². The second-order valence-electron chi connectivity index (χ2n) is 6.18. The predicted octanol–water partition coefficient (Wildman–Crippen LogP) is 4.13. The van der Waals surface area contributed by atoms with Crippen LogP contribution in [0.3, 0.4) is 0 Å². The number of rotatable bonds is 6. The van der Waals surface area contributed by atoms with Gasteiger partial charge in [0.15, 0.2) is 6.61 Å². The molecule has 1 heterocycles. The van der Waals surface area contributed by atoms with Gasteiger partial charge in [-0.1, -0.05) is 36.4 Å². The largest absolute Gasteiger partial charge is 0.451 e. The number of ether oxygens (including phenoxy) is 1. The number of hydrogen-bond acceptors (Lipinski definition) is 7. The lowest BCUT2D eigenvalue weighted by atomic mass is 10.2. The summed E-state index contributed by atoms with van der Waals surface area (Å²) in [4.78, 5) is 39.5. The molecule has 0 spiro atoms. The van der Waals surface area contributed by atoms with Gasteiger partial charge in [-0.25, -0.2) is 9.78 Å². The zero-order chi connectivity index (χ0) is 21.0. The number of carbonyl (C=O) groups excluding carboxylic acids is 2. The third-order valence-corrected chi connectivity index (χ3v) is 5.23. The maximum atomic E-state index is 12.4. The number of carbonyl (C=O) groups is 2. The van der Waals surface area contributed by atoms with Crippen molar-refractivity contribution in [3.05, 3.63) is 74.8 Å². The van der Waals surface area contributed by atoms with Crippen molar-refractivity contribution in [3.8, 4) is 10.6 Å². The zero-order valence-electron chi connectivity index (χ0n) is 15.7. The van der Waals surface area contributed by atoms with Crippen molar-refractivity contribution in [1.82, 2.24) is 4.98 Å². The van der Waals surface area contributed by atoms with Crippen LogP contribution in [-0.2, 0) is 9.53 Å². The molecule has 0 saturated heterocycles. The quantitative estimate of drug-likeness (QED) is 0.371. The molecule has 3 rings (SSSR count). The molecule has 2 aromatic carbocycles. The highest BCUT2D eigenvalue weighted by Crippen LogP contribution is 2.28. The fraction of sp³-hybridized carbons (Fsp3) is 0.150. The second-order valence-corrected chi connectivity index (χ2v) is 7.18. The average molecular weight is 411 g/mol. The Morgan fingerprint density at radius 1 is 1.17 bits per heavy atom. The smallest absolute Gasteiger partial charge is 0.350 e. The Hall–Kier alpha value is -3.59. The van der Waals surface area contributed by atoms with Crippen molar-refractivity contribution in [1.29, 1.82) is 0 Å². The van der Waals surface area contributed by atoms with Crippen molar-refractivity contribution in [2.24, 2.45) is 0 Å². The number of anilines is 1. The monoisotopic (exact) mass is 411 g/mol. The maximum Gasteiger partial charge on any atom is 0.350 e. The summed E-state index contributed by atoms with van der Waals surface area (Å²) < 4.78 is 5.10. The number of hydrogen-bond donors (Lipinski definition) is 1. The van der Waals surface area contributed by atoms with Gasteiger partial charge in [0.25, 0.3) is 11.6 Å². The number of nitro benzene ring substituents is 1. The third-order valence-electron chi connectivity index (χ3n) is 4.04. The van der Waals surface area contributed by atoms with E-state index in [0.29, 0.717) is 26.8 Å². The van der Waals surface area contributed by atoms with Crippen molar-refractivity contribution in [3.63, 3.8) is 0 Å². The Morgan fingerprint density at radius 3 is 2.59 bits per heavy atom. The number of nitro groups is 1. The van der Waals surface area contributed by atoms with Gasteiger partial charge in [-0.05, 0) is 19.4 Å². The van der Waals surface area contributed by atoms with E-state index in [1.165, 1.54) is 29.5 Å². The lowest BCUT2D eigenvalue weighted by Gasteiger charge is -2.08. The standard InChI is InChI=1S/C20H17N3O5S/c1-12-8-9-15(23(26)27)10-16(12)22-17(24)11-28-20(25)18-13(2)21-19(29-18)14-6-4-3-5-7-14/h3-10H,11H2,1-2H3,(H,22,24). The van der Waals surface area contributed by atoms with Crippen LogP contribution in [0.4, 0.5) is 11.4 Å². The van der Waals surface area contributed by atoms with E-state index in [2.05, 4.69) is 10.3 Å². The summed E-state index contributed by atoms with van der Waals surface area (Å²) >= 11 is 1.19. The number of non-ortho nitro benzene ring substituents is 1. The molecule has 148 valence electrons. The predicted molar refractivity (Wildman–Crippen MR) is 109 cm³/mol. The summed E-state index contributed by atoms with van der Waals surface area (Å²) in [6, 6.07) is 13.6. The van der Waals surface area contributed by atoms with Crippen molar-refractivity contribution >= 4 is 34.6 Å². The molecule has 0 unspecified atom stereocenters. The van der Waals surface area contributed by atoms with Crippen LogP contribution in [0.15, 0.2) is 48.5 Å². The minimum atomic E-state index is -0.645. The lowest BCUT2D eigenvalue weighted by Crippen LogP contribution is -2.21. The molecule has 9 heteroatoms. The molecule has 0 radical (unpaired) electrons. The van der Waals surface area contributed by atoms with Crippen LogP contribution in [0, 0.1) is 24.0 Å². The normalized spacial score (nSPS) is 10.4. The number of thiazole rings is 1. The minimum absolute atomic E-state index is 0.142. The summed E-state index contributed by atoms with van der Waals surface area (Å²) in [5, 5.41) is 14.1. The van der Waals surface area contributed by atoms with Crippen molar-refractivity contribution < 1.29 is 19.2 Å². The molecule has 0 saturated carbocycles. The summed E-state index contributed by atoms with van der Waals surface area (Å²) in [6.07, 6.45) is 0. The molecule has 0 aliphatic heterocycles. The summed E-state index contributed by atoms with van der Waals surface area (Å²) in [6.45, 7) is 2.89. The molecule has 29 heavy (non-hydrogen) atoms. The van der Waals surface area contributed by atoms with Crippen LogP contribution < -0.4 is 5.32 Å². The highest BCUT2D eigenvalue weighted by molar-refractivity contribution is 7.17. The molecule has 8 nitrogen and oxygen atoms in total. The molecule has 1 N–H and O–H groups in total. The first-order valence-corrected chi connectivity index (χ1v) is 9.41. The molecule has 3 aromatic rings. The highest BCUT2D eigenvalue weighted by Gasteiger charge is 2.19. The third kappa shape index (κ3) is 4.82. The number of esters is 1. The van der Waals surface area contributed by atoms with Gasteiger partial charge in [-0.15, -0.1) is 11.3 Å². The minimum Gasteiger partial charge on any atom is -0.451 e. The van der Waals surface area contributed by atoms with Crippen LogP contribution in [0.2, 0.25) is 0 Å². The van der Waals surface area contributed by atoms with Crippen LogP contribution in [-0.4, -0.2) is 28.4 Å². The van der Waals surface area contributed by atoms with E-state index in [1.807, 2.05) is 30.3 Å². The molecule has 0 aliphatic rings. The zero-order valence-corrected chi connectivity index (χ0v) is 16.5. The first-order chi connectivity index (χ1) is 13.8. The Kier molecular flexibility index (Phi) is 5.99. The molecule has 0 atom stereocenters. The van der Waals surface area contributed by atoms with Gasteiger partial charge in [0, 0.05) is 17.7 Å². The van der Waals surface area contributed by atoms with Gasteiger partial charge in [0.05, 0.1) is 16.3 Å². The van der Waals surface area contributed by atoms with Crippen LogP contribution >= 0.6 is 11.3 Å². The van der Waals surface area contributed by atoms with Gasteiger partial charge in [0.1, 0.15) is 9.88 Å². The Balaban J connectivity index is 1.64. The first kappa shape index (κ1) is 20.2. The number of benzene rings is 2. The van der Waals surface area contributed by atoms with E-state index >= 15 is 0 Å². The summed E-state index contributed by atoms with van der Waals surface area (Å²) in [7, 11) is 0. The van der Waals surface area contributed by atoms with Crippen molar-refractivity contribution in [2.45, 2.75) is 13.8 Å². The van der Waals surface area contributed by atoms with E-state index in [0.717, 1.165) is 5.56 Å². The number of amides is 1. The summed E-state index contributed by atoms with van der Waals surface area (Å²) in [5.41, 5.74) is 2.21. The molecule has 0 fully saturated rings. The van der Waals surface area contributed by atoms with E-state index < -0.39 is 23.4 Å². The van der Waals surface area contributed by atoms with E-state index in [9.17, 15) is 19.7 Å². The Morgan fingerprint density at radius 2 is 1.90 bits per heavy atom. The molecule has 1 amide bonds. The maximum absolute atomic E-state index is 12.4.